The Kier molecular flexibility index (Phi) is 5.76. The van der Waals surface area contributed by atoms with Gasteiger partial charge < -0.3 is 14.3 Å². The van der Waals surface area contributed by atoms with Gasteiger partial charge in [-0.15, -0.1) is 0 Å². The first-order valence-electron chi connectivity index (χ1n) is 5.32. The molecule has 6 heteroatoms. The predicted molar refractivity (Wildman–Crippen MR) is 65.8 cm³/mol. The van der Waals surface area contributed by atoms with Crippen LogP contribution in [0.25, 0.3) is 0 Å². The molecule has 0 N–H and O–H groups in total. The van der Waals surface area contributed by atoms with Crippen LogP contribution in [0.4, 0.5) is 0 Å². The number of hydrogen-bond acceptors (Lipinski definition) is 6. The highest BCUT2D eigenvalue weighted by atomic mass is 32.2. The van der Waals surface area contributed by atoms with Gasteiger partial charge in [-0.05, 0) is 6.42 Å². The quantitative estimate of drug-likeness (QED) is 0.422. The van der Waals surface area contributed by atoms with Crippen molar-refractivity contribution in [1.29, 1.82) is 0 Å². The predicted octanol–water partition coefficient (Wildman–Crippen LogP) is 1.95. The molecule has 1 aromatic heterocycles. The minimum absolute atomic E-state index is 0.128. The van der Waals surface area contributed by atoms with Crippen LogP contribution in [0.1, 0.15) is 19.8 Å². The SMILES string of the molecule is CCCC(C=O)Sc1nc(OC)cc(OC)n1. The Morgan fingerprint density at radius 2 is 1.94 bits per heavy atom. The Morgan fingerprint density at radius 3 is 2.35 bits per heavy atom. The number of nitrogens with zero attached hydrogens (tertiary/aromatic N) is 2. The lowest BCUT2D eigenvalue weighted by Gasteiger charge is -2.09. The van der Waals surface area contributed by atoms with Crippen LogP contribution in [-0.2, 0) is 4.79 Å². The van der Waals surface area contributed by atoms with Crippen molar-refractivity contribution in [2.75, 3.05) is 14.2 Å². The van der Waals surface area contributed by atoms with Crippen LogP contribution in [0.5, 0.6) is 11.8 Å². The molecule has 5 nitrogen and oxygen atoms in total. The summed E-state index contributed by atoms with van der Waals surface area (Å²) in [5, 5.41) is 0.364. The molecule has 0 saturated carbocycles. The van der Waals surface area contributed by atoms with Gasteiger partial charge in [0.2, 0.25) is 11.8 Å². The molecule has 0 bridgehead atoms. The average molecular weight is 256 g/mol. The highest BCUT2D eigenvalue weighted by Crippen LogP contribution is 2.26. The van der Waals surface area contributed by atoms with E-state index in [9.17, 15) is 4.79 Å². The van der Waals surface area contributed by atoms with Crippen molar-refractivity contribution < 1.29 is 14.3 Å². The van der Waals surface area contributed by atoms with Gasteiger partial charge in [0.1, 0.15) is 6.29 Å². The minimum Gasteiger partial charge on any atom is -0.481 e. The molecule has 0 aliphatic heterocycles. The van der Waals surface area contributed by atoms with Gasteiger partial charge in [0.15, 0.2) is 5.16 Å². The Labute approximate surface area is 105 Å². The van der Waals surface area contributed by atoms with Crippen LogP contribution in [0.2, 0.25) is 0 Å². The van der Waals surface area contributed by atoms with E-state index in [1.54, 1.807) is 6.07 Å². The van der Waals surface area contributed by atoms with Crippen LogP contribution < -0.4 is 9.47 Å². The Balaban J connectivity index is 2.84. The highest BCUT2D eigenvalue weighted by molar-refractivity contribution is 8.00. The van der Waals surface area contributed by atoms with Crippen molar-refractivity contribution in [3.05, 3.63) is 6.07 Å². The second kappa shape index (κ2) is 7.11. The highest BCUT2D eigenvalue weighted by Gasteiger charge is 2.13. The van der Waals surface area contributed by atoms with Gasteiger partial charge in [0.05, 0.1) is 25.5 Å². The standard InChI is InChI=1S/C11H16N2O3S/c1-4-5-8(7-14)17-11-12-9(15-2)6-10(13-11)16-3/h6-8H,4-5H2,1-3H3. The fourth-order valence-electron chi connectivity index (χ4n) is 1.22. The molecule has 0 spiro atoms. The van der Waals surface area contributed by atoms with E-state index in [2.05, 4.69) is 9.97 Å². The number of hydrogen-bond donors (Lipinski definition) is 0. The topological polar surface area (TPSA) is 61.3 Å². The summed E-state index contributed by atoms with van der Waals surface area (Å²) in [4.78, 5) is 19.2. The van der Waals surface area contributed by atoms with Gasteiger partial charge in [0.25, 0.3) is 0 Å². The lowest BCUT2D eigenvalue weighted by atomic mass is 10.3. The fraction of sp³-hybridized carbons (Fsp3) is 0.545. The third-order valence-electron chi connectivity index (χ3n) is 2.06. The maximum atomic E-state index is 10.9. The Hall–Kier alpha value is -1.30. The third-order valence-corrected chi connectivity index (χ3v) is 3.10. The van der Waals surface area contributed by atoms with Crippen LogP contribution in [-0.4, -0.2) is 35.7 Å². The summed E-state index contributed by atoms with van der Waals surface area (Å²) in [5.74, 6) is 0.862. The van der Waals surface area contributed by atoms with Crippen LogP contribution in [0.15, 0.2) is 11.2 Å². The first kappa shape index (κ1) is 13.8. The van der Waals surface area contributed by atoms with Crippen LogP contribution in [0, 0.1) is 0 Å². The molecule has 0 amide bonds. The van der Waals surface area contributed by atoms with E-state index in [1.165, 1.54) is 26.0 Å². The first-order chi connectivity index (χ1) is 8.23. The molecule has 1 aromatic rings. The summed E-state index contributed by atoms with van der Waals surface area (Å²) in [6.07, 6.45) is 2.66. The lowest BCUT2D eigenvalue weighted by molar-refractivity contribution is -0.107. The molecule has 94 valence electrons. The van der Waals surface area contributed by atoms with Gasteiger partial charge in [-0.1, -0.05) is 25.1 Å². The number of methoxy groups -OCH3 is 2. The summed E-state index contributed by atoms with van der Waals surface area (Å²) in [5.41, 5.74) is 0. The van der Waals surface area contributed by atoms with Crippen LogP contribution >= 0.6 is 11.8 Å². The summed E-state index contributed by atoms with van der Waals surface area (Å²) >= 11 is 1.32. The minimum atomic E-state index is -0.128. The van der Waals surface area contributed by atoms with Gasteiger partial charge in [-0.25, -0.2) is 0 Å². The third kappa shape index (κ3) is 4.22. The van der Waals surface area contributed by atoms with E-state index in [-0.39, 0.29) is 5.25 Å². The number of carbonyl (C=O) groups excluding carboxylic acids is 1. The Morgan fingerprint density at radius 1 is 1.35 bits per heavy atom. The number of aromatic nitrogens is 2. The van der Waals surface area contributed by atoms with Crippen molar-refractivity contribution in [3.8, 4) is 11.8 Å². The zero-order chi connectivity index (χ0) is 12.7. The summed E-state index contributed by atoms with van der Waals surface area (Å²) in [6.45, 7) is 2.03. The van der Waals surface area contributed by atoms with Crippen molar-refractivity contribution in [2.24, 2.45) is 0 Å². The Bertz CT molecular complexity index is 351. The van der Waals surface area contributed by atoms with E-state index < -0.39 is 0 Å². The molecule has 17 heavy (non-hydrogen) atoms. The summed E-state index contributed by atoms with van der Waals surface area (Å²) in [6, 6.07) is 1.60. The maximum absolute atomic E-state index is 10.9. The molecule has 0 fully saturated rings. The van der Waals surface area contributed by atoms with E-state index in [4.69, 9.17) is 9.47 Å². The summed E-state index contributed by atoms with van der Waals surface area (Å²) in [7, 11) is 3.05. The zero-order valence-corrected chi connectivity index (χ0v) is 11.0. The largest absolute Gasteiger partial charge is 0.481 e. The lowest BCUT2D eigenvalue weighted by Crippen LogP contribution is -2.05. The molecule has 0 aliphatic carbocycles. The molecule has 0 aromatic carbocycles. The van der Waals surface area contributed by atoms with Crippen molar-refractivity contribution in [2.45, 2.75) is 30.2 Å². The summed E-state index contributed by atoms with van der Waals surface area (Å²) < 4.78 is 10.1. The normalized spacial score (nSPS) is 11.9. The molecule has 1 atom stereocenters. The molecule has 0 radical (unpaired) electrons. The molecular weight excluding hydrogens is 240 g/mol. The van der Waals surface area contributed by atoms with E-state index in [0.717, 1.165) is 19.1 Å². The van der Waals surface area contributed by atoms with E-state index in [1.807, 2.05) is 6.92 Å². The fourth-order valence-corrected chi connectivity index (χ4v) is 2.19. The van der Waals surface area contributed by atoms with Gasteiger partial charge >= 0.3 is 0 Å². The zero-order valence-electron chi connectivity index (χ0n) is 10.2. The molecule has 0 saturated heterocycles. The number of ether oxygens (including phenoxy) is 2. The molecule has 1 unspecified atom stereocenters. The van der Waals surface area contributed by atoms with Gasteiger partial charge in [0, 0.05) is 0 Å². The second-order valence-corrected chi connectivity index (χ2v) is 4.52. The van der Waals surface area contributed by atoms with E-state index in [0.29, 0.717) is 16.9 Å². The number of thioether (sulfide) groups is 1. The van der Waals surface area contributed by atoms with Crippen molar-refractivity contribution in [1.82, 2.24) is 9.97 Å². The maximum Gasteiger partial charge on any atom is 0.220 e. The smallest absolute Gasteiger partial charge is 0.220 e. The van der Waals surface area contributed by atoms with Gasteiger partial charge in [-0.2, -0.15) is 9.97 Å². The number of carbonyl (C=O) groups is 1. The average Bonchev–Trinajstić information content (AvgIpc) is 2.37. The molecule has 1 heterocycles. The van der Waals surface area contributed by atoms with Crippen molar-refractivity contribution >= 4 is 18.0 Å². The van der Waals surface area contributed by atoms with Crippen molar-refractivity contribution in [3.63, 3.8) is 0 Å². The van der Waals surface area contributed by atoms with Crippen LogP contribution in [0.3, 0.4) is 0 Å². The molecule has 0 aliphatic rings. The monoisotopic (exact) mass is 256 g/mol. The second-order valence-electron chi connectivity index (χ2n) is 3.32. The van der Waals surface area contributed by atoms with Gasteiger partial charge in [-0.3, -0.25) is 0 Å². The molecular formula is C11H16N2O3S. The van der Waals surface area contributed by atoms with E-state index >= 15 is 0 Å². The first-order valence-corrected chi connectivity index (χ1v) is 6.20. The number of rotatable bonds is 7. The number of aldehydes is 1. The molecule has 1 rings (SSSR count).